The van der Waals surface area contributed by atoms with Gasteiger partial charge in [0.25, 0.3) is 0 Å². The second-order valence-electron chi connectivity index (χ2n) is 5.77. The minimum atomic E-state index is 1.05. The smallest absolute Gasteiger partial charge is 0.100 e. The Morgan fingerprint density at radius 3 is 2.30 bits per heavy atom. The molecule has 4 aromatic carbocycles. The molecule has 108 valence electrons. The van der Waals surface area contributed by atoms with Crippen molar-refractivity contribution < 1.29 is 0 Å². The largest absolute Gasteiger partial charge is 0.299 e. The Hall–Kier alpha value is -3.13. The van der Waals surface area contributed by atoms with Crippen LogP contribution in [-0.2, 0) is 0 Å². The monoisotopic (exact) mass is 294 g/mol. The summed E-state index contributed by atoms with van der Waals surface area (Å²) in [6.45, 7) is 0. The second-order valence-corrected chi connectivity index (χ2v) is 5.77. The van der Waals surface area contributed by atoms with Crippen molar-refractivity contribution in [2.24, 2.45) is 0 Å². The highest BCUT2D eigenvalue weighted by molar-refractivity contribution is 6.15. The van der Waals surface area contributed by atoms with E-state index in [1.165, 1.54) is 21.5 Å². The fourth-order valence-electron chi connectivity index (χ4n) is 3.36. The molecule has 2 nitrogen and oxygen atoms in total. The zero-order valence-corrected chi connectivity index (χ0v) is 12.5. The van der Waals surface area contributed by atoms with Crippen LogP contribution in [0.15, 0.2) is 85.2 Å². The fraction of sp³-hybridized carbons (Fsp3) is 0. The van der Waals surface area contributed by atoms with Crippen LogP contribution < -0.4 is 0 Å². The highest BCUT2D eigenvalue weighted by Crippen LogP contribution is 2.31. The molecule has 0 aliphatic carbocycles. The molecule has 0 unspecified atom stereocenters. The maximum atomic E-state index is 4.69. The Balaban J connectivity index is 1.88. The Bertz CT molecular complexity index is 1150. The molecule has 1 heterocycles. The lowest BCUT2D eigenvalue weighted by atomic mass is 10.0. The number of aromatic nitrogens is 2. The molecular formula is C21H14N2. The van der Waals surface area contributed by atoms with Crippen molar-refractivity contribution in [3.05, 3.63) is 85.2 Å². The van der Waals surface area contributed by atoms with Gasteiger partial charge in [0.2, 0.25) is 0 Å². The van der Waals surface area contributed by atoms with Crippen molar-refractivity contribution >= 4 is 32.6 Å². The lowest BCUT2D eigenvalue weighted by Gasteiger charge is -2.07. The second kappa shape index (κ2) is 4.68. The zero-order valence-electron chi connectivity index (χ0n) is 12.5. The normalized spacial score (nSPS) is 11.5. The molecule has 0 saturated carbocycles. The van der Waals surface area contributed by atoms with Crippen LogP contribution in [0.25, 0.3) is 38.3 Å². The number of imidazole rings is 1. The quantitative estimate of drug-likeness (QED) is 0.382. The minimum Gasteiger partial charge on any atom is -0.299 e. The van der Waals surface area contributed by atoms with Gasteiger partial charge in [0.1, 0.15) is 6.33 Å². The van der Waals surface area contributed by atoms with Crippen molar-refractivity contribution in [2.75, 3.05) is 0 Å². The standard InChI is InChI=1S/C21H14N2/c1-2-7-16(8-3-1)23-14-22-21-19-11-10-15-6-4-5-9-17(15)18(19)12-13-20(21)23/h1-14H. The number of hydrogen-bond acceptors (Lipinski definition) is 1. The van der Waals surface area contributed by atoms with Crippen molar-refractivity contribution in [3.63, 3.8) is 0 Å². The van der Waals surface area contributed by atoms with E-state index in [2.05, 4.69) is 77.4 Å². The van der Waals surface area contributed by atoms with Gasteiger partial charge < -0.3 is 0 Å². The number of para-hydroxylation sites is 1. The first-order valence-corrected chi connectivity index (χ1v) is 7.75. The molecule has 5 aromatic rings. The van der Waals surface area contributed by atoms with Crippen molar-refractivity contribution in [1.29, 1.82) is 0 Å². The highest BCUT2D eigenvalue weighted by Gasteiger charge is 2.09. The van der Waals surface area contributed by atoms with Crippen LogP contribution in [0.5, 0.6) is 0 Å². The predicted molar refractivity (Wildman–Crippen MR) is 96.1 cm³/mol. The van der Waals surface area contributed by atoms with E-state index in [1.807, 2.05) is 12.4 Å². The van der Waals surface area contributed by atoms with Crippen LogP contribution in [0.3, 0.4) is 0 Å². The summed E-state index contributed by atoms with van der Waals surface area (Å²) in [6, 6.07) is 27.6. The number of nitrogens with zero attached hydrogens (tertiary/aromatic N) is 2. The predicted octanol–water partition coefficient (Wildman–Crippen LogP) is 5.33. The fourth-order valence-corrected chi connectivity index (χ4v) is 3.36. The van der Waals surface area contributed by atoms with E-state index in [1.54, 1.807) is 0 Å². The average Bonchev–Trinajstić information content (AvgIpc) is 3.06. The highest BCUT2D eigenvalue weighted by atomic mass is 15.0. The van der Waals surface area contributed by atoms with E-state index in [0.717, 1.165) is 16.7 Å². The summed E-state index contributed by atoms with van der Waals surface area (Å²) >= 11 is 0. The number of benzene rings is 4. The van der Waals surface area contributed by atoms with E-state index < -0.39 is 0 Å². The lowest BCUT2D eigenvalue weighted by Crippen LogP contribution is -1.90. The van der Waals surface area contributed by atoms with Crippen molar-refractivity contribution in [3.8, 4) is 5.69 Å². The van der Waals surface area contributed by atoms with Gasteiger partial charge in [-0.1, -0.05) is 60.7 Å². The van der Waals surface area contributed by atoms with Gasteiger partial charge in [0.05, 0.1) is 11.0 Å². The van der Waals surface area contributed by atoms with Gasteiger partial charge >= 0.3 is 0 Å². The summed E-state index contributed by atoms with van der Waals surface area (Å²) in [6.07, 6.45) is 1.91. The molecule has 23 heavy (non-hydrogen) atoms. The molecule has 0 aliphatic rings. The molecule has 1 aromatic heterocycles. The van der Waals surface area contributed by atoms with Crippen LogP contribution in [0.2, 0.25) is 0 Å². The SMILES string of the molecule is c1ccc(-n2cnc3c4ccc5ccccc5c4ccc32)cc1. The number of fused-ring (bicyclic) bond motifs is 5. The molecule has 0 saturated heterocycles. The summed E-state index contributed by atoms with van der Waals surface area (Å²) < 4.78 is 2.14. The molecule has 0 N–H and O–H groups in total. The summed E-state index contributed by atoms with van der Waals surface area (Å²) in [7, 11) is 0. The van der Waals surface area contributed by atoms with Gasteiger partial charge in [-0.05, 0) is 34.4 Å². The summed E-state index contributed by atoms with van der Waals surface area (Å²) in [4.78, 5) is 4.69. The molecule has 2 heteroatoms. The molecule has 0 bridgehead atoms. The third-order valence-electron chi connectivity index (χ3n) is 4.47. The van der Waals surface area contributed by atoms with Gasteiger partial charge in [-0.2, -0.15) is 0 Å². The van der Waals surface area contributed by atoms with Gasteiger partial charge in [-0.15, -0.1) is 0 Å². The minimum absolute atomic E-state index is 1.05. The third-order valence-corrected chi connectivity index (χ3v) is 4.47. The Labute approximate surface area is 133 Å². The molecule has 0 spiro atoms. The third kappa shape index (κ3) is 1.78. The maximum absolute atomic E-state index is 4.69. The Morgan fingerprint density at radius 1 is 0.609 bits per heavy atom. The molecule has 0 radical (unpaired) electrons. The molecule has 5 rings (SSSR count). The number of hydrogen-bond donors (Lipinski definition) is 0. The first-order valence-electron chi connectivity index (χ1n) is 7.75. The topological polar surface area (TPSA) is 17.8 Å². The Morgan fingerprint density at radius 2 is 1.39 bits per heavy atom. The first-order chi connectivity index (χ1) is 11.4. The Kier molecular flexibility index (Phi) is 2.53. The zero-order chi connectivity index (χ0) is 15.2. The van der Waals surface area contributed by atoms with Gasteiger partial charge in [0.15, 0.2) is 0 Å². The van der Waals surface area contributed by atoms with E-state index in [4.69, 9.17) is 4.98 Å². The maximum Gasteiger partial charge on any atom is 0.100 e. The first kappa shape index (κ1) is 12.4. The van der Waals surface area contributed by atoms with E-state index >= 15 is 0 Å². The average molecular weight is 294 g/mol. The van der Waals surface area contributed by atoms with Crippen LogP contribution in [0.1, 0.15) is 0 Å². The lowest BCUT2D eigenvalue weighted by molar-refractivity contribution is 1.09. The van der Waals surface area contributed by atoms with Crippen LogP contribution in [0.4, 0.5) is 0 Å². The molecule has 0 fully saturated rings. The van der Waals surface area contributed by atoms with E-state index in [0.29, 0.717) is 0 Å². The van der Waals surface area contributed by atoms with Crippen molar-refractivity contribution in [2.45, 2.75) is 0 Å². The van der Waals surface area contributed by atoms with Crippen LogP contribution >= 0.6 is 0 Å². The summed E-state index contributed by atoms with van der Waals surface area (Å²) in [5, 5.41) is 5.01. The number of rotatable bonds is 1. The van der Waals surface area contributed by atoms with Gasteiger partial charge in [0, 0.05) is 11.1 Å². The van der Waals surface area contributed by atoms with Crippen LogP contribution in [-0.4, -0.2) is 9.55 Å². The van der Waals surface area contributed by atoms with E-state index in [9.17, 15) is 0 Å². The van der Waals surface area contributed by atoms with Crippen LogP contribution in [0, 0.1) is 0 Å². The van der Waals surface area contributed by atoms with Gasteiger partial charge in [-0.25, -0.2) is 4.98 Å². The van der Waals surface area contributed by atoms with Crippen molar-refractivity contribution in [1.82, 2.24) is 9.55 Å². The molecule has 0 amide bonds. The van der Waals surface area contributed by atoms with Gasteiger partial charge in [-0.3, -0.25) is 4.57 Å². The molecule has 0 atom stereocenters. The summed E-state index contributed by atoms with van der Waals surface area (Å²) in [5.41, 5.74) is 3.33. The van der Waals surface area contributed by atoms with E-state index in [-0.39, 0.29) is 0 Å². The molecule has 0 aliphatic heterocycles. The summed E-state index contributed by atoms with van der Waals surface area (Å²) in [5.74, 6) is 0. The molecular weight excluding hydrogens is 280 g/mol.